The van der Waals surface area contributed by atoms with Crippen LogP contribution >= 0.6 is 0 Å². The molecule has 0 bridgehead atoms. The molecule has 0 radical (unpaired) electrons. The predicted molar refractivity (Wildman–Crippen MR) is 81.7 cm³/mol. The van der Waals surface area contributed by atoms with Crippen molar-refractivity contribution >= 4 is 11.6 Å². The number of amides is 1. The number of nitrogens with two attached hydrogens (primary N) is 1. The van der Waals surface area contributed by atoms with E-state index in [1.807, 2.05) is 17.0 Å². The lowest BCUT2D eigenvalue weighted by molar-refractivity contribution is -0.119. The molecule has 1 aromatic carbocycles. The van der Waals surface area contributed by atoms with Crippen LogP contribution in [0, 0.1) is 5.92 Å². The minimum atomic E-state index is 0.0696. The lowest BCUT2D eigenvalue weighted by Crippen LogP contribution is -2.46. The van der Waals surface area contributed by atoms with Crippen molar-refractivity contribution in [3.05, 3.63) is 29.8 Å². The molecule has 1 aromatic rings. The van der Waals surface area contributed by atoms with E-state index in [1.165, 1.54) is 37.7 Å². The molecule has 1 aliphatic heterocycles. The van der Waals surface area contributed by atoms with Gasteiger partial charge in [-0.05, 0) is 36.8 Å². The molecule has 1 atom stereocenters. The van der Waals surface area contributed by atoms with Gasteiger partial charge >= 0.3 is 0 Å². The molecule has 1 heterocycles. The summed E-state index contributed by atoms with van der Waals surface area (Å²) in [5.41, 5.74) is 8.41. The minimum Gasteiger partial charge on any atom is -0.326 e. The fraction of sp³-hybridized carbons (Fsp3) is 0.588. The second-order valence-electron chi connectivity index (χ2n) is 6.31. The number of benzene rings is 1. The Morgan fingerprint density at radius 3 is 2.75 bits per heavy atom. The molecule has 3 nitrogen and oxygen atoms in total. The standard InChI is InChI=1S/C17H24N2O/c18-15-11-14-8-4-5-9-16(14)19(12-15)17(20)10-13-6-2-1-3-7-13/h4-5,8-9,13,15H,1-3,6-7,10-12,18H2. The first-order valence-corrected chi connectivity index (χ1v) is 7.88. The van der Waals surface area contributed by atoms with Gasteiger partial charge in [-0.3, -0.25) is 4.79 Å². The van der Waals surface area contributed by atoms with E-state index in [9.17, 15) is 4.79 Å². The number of carbonyl (C=O) groups is 1. The van der Waals surface area contributed by atoms with Crippen molar-refractivity contribution in [2.45, 2.75) is 51.0 Å². The van der Waals surface area contributed by atoms with Crippen molar-refractivity contribution in [2.75, 3.05) is 11.4 Å². The number of hydrogen-bond donors (Lipinski definition) is 1. The molecule has 0 spiro atoms. The average Bonchev–Trinajstić information content (AvgIpc) is 2.47. The van der Waals surface area contributed by atoms with E-state index in [0.29, 0.717) is 18.9 Å². The zero-order valence-electron chi connectivity index (χ0n) is 12.1. The maximum atomic E-state index is 12.6. The lowest BCUT2D eigenvalue weighted by atomic mass is 9.86. The number of carbonyl (C=O) groups excluding carboxylic acids is 1. The molecular weight excluding hydrogens is 248 g/mol. The van der Waals surface area contributed by atoms with Crippen LogP contribution in [-0.4, -0.2) is 18.5 Å². The van der Waals surface area contributed by atoms with E-state index in [0.717, 1.165) is 12.1 Å². The molecule has 1 unspecified atom stereocenters. The summed E-state index contributed by atoms with van der Waals surface area (Å²) in [6.07, 6.45) is 7.91. The van der Waals surface area contributed by atoms with Crippen molar-refractivity contribution in [2.24, 2.45) is 11.7 Å². The van der Waals surface area contributed by atoms with Crippen LogP contribution in [0.1, 0.15) is 44.1 Å². The van der Waals surface area contributed by atoms with Crippen LogP contribution in [-0.2, 0) is 11.2 Å². The van der Waals surface area contributed by atoms with E-state index in [4.69, 9.17) is 5.73 Å². The second kappa shape index (κ2) is 5.96. The summed E-state index contributed by atoms with van der Waals surface area (Å²) in [6, 6.07) is 8.26. The zero-order valence-corrected chi connectivity index (χ0v) is 12.1. The average molecular weight is 272 g/mol. The molecule has 1 aliphatic carbocycles. The van der Waals surface area contributed by atoms with E-state index in [1.54, 1.807) is 0 Å². The van der Waals surface area contributed by atoms with Crippen molar-refractivity contribution in [3.63, 3.8) is 0 Å². The molecule has 2 aliphatic rings. The lowest BCUT2D eigenvalue weighted by Gasteiger charge is -2.34. The van der Waals surface area contributed by atoms with Crippen LogP contribution in [0.5, 0.6) is 0 Å². The van der Waals surface area contributed by atoms with Crippen molar-refractivity contribution in [3.8, 4) is 0 Å². The van der Waals surface area contributed by atoms with Crippen LogP contribution in [0.25, 0.3) is 0 Å². The van der Waals surface area contributed by atoms with Gasteiger partial charge in [0.15, 0.2) is 0 Å². The summed E-state index contributed by atoms with van der Waals surface area (Å²) in [6.45, 7) is 0.669. The molecule has 108 valence electrons. The van der Waals surface area contributed by atoms with Gasteiger partial charge in [-0.15, -0.1) is 0 Å². The van der Waals surface area contributed by atoms with Gasteiger partial charge in [0.05, 0.1) is 0 Å². The van der Waals surface area contributed by atoms with Crippen LogP contribution in [0.15, 0.2) is 24.3 Å². The third-order valence-electron chi connectivity index (χ3n) is 4.67. The summed E-state index contributed by atoms with van der Waals surface area (Å²) in [4.78, 5) is 14.6. The molecule has 0 saturated heterocycles. The third kappa shape index (κ3) is 2.88. The zero-order chi connectivity index (χ0) is 13.9. The van der Waals surface area contributed by atoms with Crippen LogP contribution < -0.4 is 10.6 Å². The Balaban J connectivity index is 1.74. The minimum absolute atomic E-state index is 0.0696. The van der Waals surface area contributed by atoms with Crippen molar-refractivity contribution < 1.29 is 4.79 Å². The summed E-state index contributed by atoms with van der Waals surface area (Å²) >= 11 is 0. The Morgan fingerprint density at radius 1 is 1.20 bits per heavy atom. The molecule has 1 fully saturated rings. The monoisotopic (exact) mass is 272 g/mol. The van der Waals surface area contributed by atoms with Gasteiger partial charge in [0.1, 0.15) is 0 Å². The van der Waals surface area contributed by atoms with Crippen molar-refractivity contribution in [1.29, 1.82) is 0 Å². The number of fused-ring (bicyclic) bond motifs is 1. The van der Waals surface area contributed by atoms with E-state index >= 15 is 0 Å². The van der Waals surface area contributed by atoms with E-state index in [2.05, 4.69) is 12.1 Å². The number of para-hydroxylation sites is 1. The van der Waals surface area contributed by atoms with Crippen LogP contribution in [0.4, 0.5) is 5.69 Å². The normalized spacial score (nSPS) is 23.4. The topological polar surface area (TPSA) is 46.3 Å². The third-order valence-corrected chi connectivity index (χ3v) is 4.67. The first kappa shape index (κ1) is 13.6. The van der Waals surface area contributed by atoms with Crippen molar-refractivity contribution in [1.82, 2.24) is 0 Å². The quantitative estimate of drug-likeness (QED) is 0.900. The van der Waals surface area contributed by atoms with E-state index < -0.39 is 0 Å². The molecular formula is C17H24N2O. The fourth-order valence-electron chi connectivity index (χ4n) is 3.61. The number of anilines is 1. The van der Waals surface area contributed by atoms with Gasteiger partial charge < -0.3 is 10.6 Å². The largest absolute Gasteiger partial charge is 0.326 e. The molecule has 2 N–H and O–H groups in total. The van der Waals surface area contributed by atoms with Gasteiger partial charge in [0.2, 0.25) is 5.91 Å². The Kier molecular flexibility index (Phi) is 4.06. The fourth-order valence-corrected chi connectivity index (χ4v) is 3.61. The summed E-state index contributed by atoms with van der Waals surface area (Å²) in [7, 11) is 0. The molecule has 20 heavy (non-hydrogen) atoms. The van der Waals surface area contributed by atoms with E-state index in [-0.39, 0.29) is 11.9 Å². The molecule has 0 aromatic heterocycles. The Hall–Kier alpha value is -1.35. The first-order valence-electron chi connectivity index (χ1n) is 7.88. The highest BCUT2D eigenvalue weighted by Gasteiger charge is 2.28. The van der Waals surface area contributed by atoms with Gasteiger partial charge in [0.25, 0.3) is 0 Å². The van der Waals surface area contributed by atoms with Gasteiger partial charge in [-0.1, -0.05) is 37.5 Å². The molecule has 3 heteroatoms. The van der Waals surface area contributed by atoms with Crippen LogP contribution in [0.3, 0.4) is 0 Å². The maximum absolute atomic E-state index is 12.6. The van der Waals surface area contributed by atoms with Crippen LogP contribution in [0.2, 0.25) is 0 Å². The second-order valence-corrected chi connectivity index (χ2v) is 6.31. The molecule has 1 amide bonds. The number of hydrogen-bond acceptors (Lipinski definition) is 2. The molecule has 3 rings (SSSR count). The number of rotatable bonds is 2. The number of nitrogens with zero attached hydrogens (tertiary/aromatic N) is 1. The highest BCUT2D eigenvalue weighted by molar-refractivity contribution is 5.94. The van der Waals surface area contributed by atoms with Gasteiger partial charge in [-0.2, -0.15) is 0 Å². The Morgan fingerprint density at radius 2 is 1.95 bits per heavy atom. The smallest absolute Gasteiger partial charge is 0.227 e. The summed E-state index contributed by atoms with van der Waals surface area (Å²) in [5, 5.41) is 0. The SMILES string of the molecule is NC1Cc2ccccc2N(C(=O)CC2CCCCC2)C1. The van der Waals surface area contributed by atoms with Gasteiger partial charge in [0, 0.05) is 24.7 Å². The summed E-state index contributed by atoms with van der Waals surface area (Å²) < 4.78 is 0. The van der Waals surface area contributed by atoms with Gasteiger partial charge in [-0.25, -0.2) is 0 Å². The highest BCUT2D eigenvalue weighted by atomic mass is 16.2. The Bertz CT molecular complexity index is 480. The predicted octanol–water partition coefficient (Wildman–Crippen LogP) is 2.87. The first-order chi connectivity index (χ1) is 9.74. The Labute approximate surface area is 121 Å². The molecule has 1 saturated carbocycles. The summed E-state index contributed by atoms with van der Waals surface area (Å²) in [5.74, 6) is 0.848. The highest BCUT2D eigenvalue weighted by Crippen LogP contribution is 2.30. The maximum Gasteiger partial charge on any atom is 0.227 e.